The Morgan fingerprint density at radius 1 is 1.13 bits per heavy atom. The van der Waals surface area contributed by atoms with Crippen molar-refractivity contribution < 1.29 is 9.18 Å². The Bertz CT molecular complexity index is 334. The molecule has 1 aromatic rings. The number of ketones is 1. The van der Waals surface area contributed by atoms with Crippen molar-refractivity contribution in [1.82, 2.24) is 0 Å². The number of halogens is 1. The molecule has 0 radical (unpaired) electrons. The van der Waals surface area contributed by atoms with Gasteiger partial charge in [0.2, 0.25) is 0 Å². The summed E-state index contributed by atoms with van der Waals surface area (Å²) in [5.41, 5.74) is 0.645. The highest BCUT2D eigenvalue weighted by Gasteiger charge is 2.31. The van der Waals surface area contributed by atoms with Crippen LogP contribution in [0.25, 0.3) is 0 Å². The third kappa shape index (κ3) is 2.25. The summed E-state index contributed by atoms with van der Waals surface area (Å²) in [5.74, 6) is -0.427. The first-order valence-corrected chi connectivity index (χ1v) is 5.52. The number of rotatable bonds is 2. The second kappa shape index (κ2) is 4.56. The second-order valence-electron chi connectivity index (χ2n) is 4.14. The highest BCUT2D eigenvalue weighted by Crippen LogP contribution is 2.29. The monoisotopic (exact) mass is 206 g/mol. The van der Waals surface area contributed by atoms with Gasteiger partial charge >= 0.3 is 0 Å². The summed E-state index contributed by atoms with van der Waals surface area (Å²) in [5, 5.41) is 0. The highest BCUT2D eigenvalue weighted by molar-refractivity contribution is 5.98. The van der Waals surface area contributed by atoms with E-state index in [-0.39, 0.29) is 5.78 Å². The van der Waals surface area contributed by atoms with Gasteiger partial charge in [-0.15, -0.1) is 0 Å². The predicted molar refractivity (Wildman–Crippen MR) is 57.6 cm³/mol. The van der Waals surface area contributed by atoms with Crippen LogP contribution in [0.15, 0.2) is 30.3 Å². The summed E-state index contributed by atoms with van der Waals surface area (Å²) in [7, 11) is 0. The summed E-state index contributed by atoms with van der Waals surface area (Å²) >= 11 is 0. The zero-order chi connectivity index (χ0) is 10.7. The minimum Gasteiger partial charge on any atom is -0.294 e. The van der Waals surface area contributed by atoms with Crippen molar-refractivity contribution in [2.75, 3.05) is 0 Å². The Morgan fingerprint density at radius 3 is 2.47 bits per heavy atom. The van der Waals surface area contributed by atoms with E-state index in [2.05, 4.69) is 0 Å². The SMILES string of the molecule is O=C(c1ccccc1)C1CCCCC1F. The average molecular weight is 206 g/mol. The molecule has 2 atom stereocenters. The summed E-state index contributed by atoms with van der Waals surface area (Å²) in [6, 6.07) is 9.05. The lowest BCUT2D eigenvalue weighted by atomic mass is 9.82. The van der Waals surface area contributed by atoms with E-state index in [1.165, 1.54) is 0 Å². The molecule has 0 saturated heterocycles. The van der Waals surface area contributed by atoms with E-state index < -0.39 is 12.1 Å². The van der Waals surface area contributed by atoms with Gasteiger partial charge in [0.25, 0.3) is 0 Å². The first-order chi connectivity index (χ1) is 7.29. The molecule has 2 heteroatoms. The molecule has 0 N–H and O–H groups in total. The van der Waals surface area contributed by atoms with Gasteiger partial charge in [-0.05, 0) is 12.8 Å². The number of carbonyl (C=O) groups is 1. The van der Waals surface area contributed by atoms with Gasteiger partial charge in [0.05, 0.1) is 5.92 Å². The van der Waals surface area contributed by atoms with Gasteiger partial charge < -0.3 is 0 Å². The van der Waals surface area contributed by atoms with Crippen molar-refractivity contribution in [3.05, 3.63) is 35.9 Å². The smallest absolute Gasteiger partial charge is 0.168 e. The molecule has 1 nitrogen and oxygen atoms in total. The number of alkyl halides is 1. The molecule has 1 fully saturated rings. The molecular weight excluding hydrogens is 191 g/mol. The van der Waals surface area contributed by atoms with Crippen LogP contribution < -0.4 is 0 Å². The van der Waals surface area contributed by atoms with Gasteiger partial charge in [-0.2, -0.15) is 0 Å². The van der Waals surface area contributed by atoms with Crippen LogP contribution in [0.4, 0.5) is 4.39 Å². The quantitative estimate of drug-likeness (QED) is 0.678. The maximum absolute atomic E-state index is 13.6. The summed E-state index contributed by atoms with van der Waals surface area (Å²) in [6.07, 6.45) is 2.20. The molecule has 0 aromatic heterocycles. The number of Topliss-reactive ketones (excluding diaryl/α,β-unsaturated/α-hetero) is 1. The Morgan fingerprint density at radius 2 is 1.80 bits per heavy atom. The maximum Gasteiger partial charge on any atom is 0.168 e. The van der Waals surface area contributed by atoms with E-state index in [4.69, 9.17) is 0 Å². The van der Waals surface area contributed by atoms with E-state index in [9.17, 15) is 9.18 Å². The summed E-state index contributed by atoms with van der Waals surface area (Å²) in [4.78, 5) is 12.0. The van der Waals surface area contributed by atoms with E-state index in [1.807, 2.05) is 18.2 Å². The van der Waals surface area contributed by atoms with Crippen LogP contribution in [-0.2, 0) is 0 Å². The topological polar surface area (TPSA) is 17.1 Å². The van der Waals surface area contributed by atoms with E-state index in [1.54, 1.807) is 12.1 Å². The molecule has 0 amide bonds. The van der Waals surface area contributed by atoms with Gasteiger partial charge in [0.1, 0.15) is 6.17 Å². The second-order valence-corrected chi connectivity index (χ2v) is 4.14. The van der Waals surface area contributed by atoms with E-state index in [0.29, 0.717) is 18.4 Å². The Hall–Kier alpha value is -1.18. The molecule has 2 unspecified atom stereocenters. The van der Waals surface area contributed by atoms with Crippen molar-refractivity contribution in [2.45, 2.75) is 31.9 Å². The largest absolute Gasteiger partial charge is 0.294 e. The summed E-state index contributed by atoms with van der Waals surface area (Å²) in [6.45, 7) is 0. The number of hydrogen-bond acceptors (Lipinski definition) is 1. The normalized spacial score (nSPS) is 26.2. The van der Waals surface area contributed by atoms with Gasteiger partial charge in [0, 0.05) is 5.56 Å². The number of carbonyl (C=O) groups excluding carboxylic acids is 1. The van der Waals surface area contributed by atoms with Crippen LogP contribution in [0.3, 0.4) is 0 Å². The molecule has 0 heterocycles. The van der Waals surface area contributed by atoms with Crippen molar-refractivity contribution >= 4 is 5.78 Å². The van der Waals surface area contributed by atoms with Crippen LogP contribution in [-0.4, -0.2) is 12.0 Å². The maximum atomic E-state index is 13.6. The Balaban J connectivity index is 2.13. The van der Waals surface area contributed by atoms with Crippen LogP contribution in [0, 0.1) is 5.92 Å². The fourth-order valence-electron chi connectivity index (χ4n) is 2.20. The lowest BCUT2D eigenvalue weighted by Gasteiger charge is -2.24. The fraction of sp³-hybridized carbons (Fsp3) is 0.462. The molecule has 80 valence electrons. The minimum absolute atomic E-state index is 0.0252. The molecule has 0 spiro atoms. The van der Waals surface area contributed by atoms with Crippen molar-refractivity contribution in [3.63, 3.8) is 0 Å². The van der Waals surface area contributed by atoms with Gasteiger partial charge in [-0.1, -0.05) is 43.2 Å². The first kappa shape index (κ1) is 10.3. The fourth-order valence-corrected chi connectivity index (χ4v) is 2.20. The van der Waals surface area contributed by atoms with E-state index in [0.717, 1.165) is 12.8 Å². The van der Waals surface area contributed by atoms with Crippen molar-refractivity contribution in [1.29, 1.82) is 0 Å². The van der Waals surface area contributed by atoms with Crippen molar-refractivity contribution in [3.8, 4) is 0 Å². The zero-order valence-electron chi connectivity index (χ0n) is 8.66. The lowest BCUT2D eigenvalue weighted by Crippen LogP contribution is -2.28. The molecule has 0 aliphatic heterocycles. The molecular formula is C13H15FO. The third-order valence-electron chi connectivity index (χ3n) is 3.08. The van der Waals surface area contributed by atoms with Crippen LogP contribution in [0.1, 0.15) is 36.0 Å². The Labute approximate surface area is 89.3 Å². The standard InChI is InChI=1S/C13H15FO/c14-12-9-5-4-8-11(12)13(15)10-6-2-1-3-7-10/h1-3,6-7,11-12H,4-5,8-9H2. The van der Waals surface area contributed by atoms with Gasteiger partial charge in [-0.3, -0.25) is 4.79 Å². The first-order valence-electron chi connectivity index (χ1n) is 5.52. The van der Waals surface area contributed by atoms with Gasteiger partial charge in [-0.25, -0.2) is 4.39 Å². The molecule has 1 saturated carbocycles. The minimum atomic E-state index is -0.938. The molecule has 1 aromatic carbocycles. The summed E-state index contributed by atoms with van der Waals surface area (Å²) < 4.78 is 13.6. The third-order valence-corrected chi connectivity index (χ3v) is 3.08. The molecule has 1 aliphatic rings. The highest BCUT2D eigenvalue weighted by atomic mass is 19.1. The number of hydrogen-bond donors (Lipinski definition) is 0. The average Bonchev–Trinajstić information content (AvgIpc) is 2.30. The predicted octanol–water partition coefficient (Wildman–Crippen LogP) is 3.40. The molecule has 1 aliphatic carbocycles. The van der Waals surface area contributed by atoms with E-state index >= 15 is 0 Å². The zero-order valence-corrected chi connectivity index (χ0v) is 8.66. The molecule has 2 rings (SSSR count). The molecule has 15 heavy (non-hydrogen) atoms. The Kier molecular flexibility index (Phi) is 3.14. The van der Waals surface area contributed by atoms with Crippen LogP contribution in [0.5, 0.6) is 0 Å². The van der Waals surface area contributed by atoms with Crippen LogP contribution >= 0.6 is 0 Å². The lowest BCUT2D eigenvalue weighted by molar-refractivity contribution is 0.0772. The number of benzene rings is 1. The van der Waals surface area contributed by atoms with Crippen molar-refractivity contribution in [2.24, 2.45) is 5.92 Å². The van der Waals surface area contributed by atoms with Crippen LogP contribution in [0.2, 0.25) is 0 Å². The van der Waals surface area contributed by atoms with Gasteiger partial charge in [0.15, 0.2) is 5.78 Å². The molecule has 0 bridgehead atoms.